The normalized spacial score (nSPS) is 24.3. The van der Waals surface area contributed by atoms with Crippen molar-refractivity contribution >= 4 is 23.4 Å². The zero-order valence-electron chi connectivity index (χ0n) is 28.6. The molecule has 1 heterocycles. The average molecular weight is 657 g/mol. The zero-order chi connectivity index (χ0) is 35.1. The zero-order valence-corrected chi connectivity index (χ0v) is 28.6. The van der Waals surface area contributed by atoms with Crippen LogP contribution in [0.25, 0.3) is 0 Å². The minimum Gasteiger partial charge on any atom is -0.506 e. The number of nitrogens with one attached hydrogen (secondary N) is 3. The summed E-state index contributed by atoms with van der Waals surface area (Å²) in [6, 6.07) is 1.29. The number of phenols is 2. The first-order valence-electron chi connectivity index (χ1n) is 15.9. The summed E-state index contributed by atoms with van der Waals surface area (Å²) >= 11 is 0. The smallest absolute Gasteiger partial charge is 0.405 e. The Morgan fingerprint density at radius 2 is 1.85 bits per heavy atom. The molecule has 0 saturated carbocycles. The van der Waals surface area contributed by atoms with E-state index in [1.165, 1.54) is 26.4 Å². The average Bonchev–Trinajstić information content (AvgIpc) is 3.02. The lowest BCUT2D eigenvalue weighted by Gasteiger charge is -2.29. The molecule has 260 valence electrons. The first-order valence-corrected chi connectivity index (χ1v) is 15.9. The van der Waals surface area contributed by atoms with Crippen LogP contribution in [-0.2, 0) is 25.4 Å². The fourth-order valence-electron chi connectivity index (χ4n) is 5.39. The van der Waals surface area contributed by atoms with Crippen LogP contribution in [0.1, 0.15) is 53.0 Å². The van der Waals surface area contributed by atoms with Crippen molar-refractivity contribution in [1.82, 2.24) is 5.32 Å². The van der Waals surface area contributed by atoms with Crippen LogP contribution in [0.5, 0.6) is 11.5 Å². The number of aliphatic hydroxyl groups excluding tert-OH is 1. The highest BCUT2D eigenvalue weighted by molar-refractivity contribution is 6.04. The number of anilines is 2. The second-order valence-corrected chi connectivity index (χ2v) is 11.9. The summed E-state index contributed by atoms with van der Waals surface area (Å²) < 4.78 is 16.7. The Bertz CT molecular complexity index is 1360. The van der Waals surface area contributed by atoms with E-state index in [0.29, 0.717) is 29.8 Å². The van der Waals surface area contributed by atoms with Crippen LogP contribution in [-0.4, -0.2) is 85.6 Å². The van der Waals surface area contributed by atoms with Crippen molar-refractivity contribution in [2.24, 2.45) is 17.6 Å². The number of hydrogen-bond donors (Lipinski definition) is 7. The van der Waals surface area contributed by atoms with Crippen molar-refractivity contribution in [3.8, 4) is 23.3 Å². The van der Waals surface area contributed by atoms with Crippen molar-refractivity contribution in [2.75, 3.05) is 44.5 Å². The fraction of sp³-hybridized carbons (Fsp3) is 0.543. The van der Waals surface area contributed by atoms with E-state index < -0.39 is 42.3 Å². The van der Waals surface area contributed by atoms with E-state index in [9.17, 15) is 24.9 Å². The Morgan fingerprint density at radius 3 is 2.49 bits per heavy atom. The number of hydrogen-bond acceptors (Lipinski definition) is 10. The van der Waals surface area contributed by atoms with Gasteiger partial charge < -0.3 is 51.2 Å². The summed E-state index contributed by atoms with van der Waals surface area (Å²) in [4.78, 5) is 24.9. The number of benzene rings is 1. The number of aliphatic hydroxyl groups is 1. The largest absolute Gasteiger partial charge is 0.506 e. The van der Waals surface area contributed by atoms with Gasteiger partial charge in [-0.15, -0.1) is 0 Å². The van der Waals surface area contributed by atoms with Gasteiger partial charge in [0.1, 0.15) is 17.6 Å². The summed E-state index contributed by atoms with van der Waals surface area (Å²) in [5, 5.41) is 42.8. The van der Waals surface area contributed by atoms with Crippen LogP contribution in [0, 0.1) is 23.7 Å². The number of primary amides is 1. The predicted octanol–water partition coefficient (Wildman–Crippen LogP) is 3.97. The van der Waals surface area contributed by atoms with Gasteiger partial charge in [-0.2, -0.15) is 0 Å². The molecule has 6 atom stereocenters. The van der Waals surface area contributed by atoms with Gasteiger partial charge in [0.2, 0.25) is 0 Å². The molecule has 6 unspecified atom stereocenters. The van der Waals surface area contributed by atoms with Gasteiger partial charge in [0.15, 0.2) is 6.10 Å². The summed E-state index contributed by atoms with van der Waals surface area (Å²) in [5.74, 6) is 4.56. The van der Waals surface area contributed by atoms with Gasteiger partial charge in [0.05, 0.1) is 36.7 Å². The second-order valence-electron chi connectivity index (χ2n) is 11.9. The molecule has 1 aliphatic rings. The van der Waals surface area contributed by atoms with E-state index in [1.54, 1.807) is 32.1 Å². The van der Waals surface area contributed by atoms with E-state index in [2.05, 4.69) is 34.7 Å². The number of rotatable bonds is 8. The number of methoxy groups -OCH3 is 2. The third-order valence-corrected chi connectivity index (χ3v) is 7.95. The van der Waals surface area contributed by atoms with Gasteiger partial charge in [-0.1, -0.05) is 56.9 Å². The Hall–Kier alpha value is -4.02. The van der Waals surface area contributed by atoms with E-state index >= 15 is 0 Å². The number of carbonyl (C=O) groups is 2. The molecule has 0 spiro atoms. The molecular weight excluding hydrogens is 604 g/mol. The summed E-state index contributed by atoms with van der Waals surface area (Å²) in [5.41, 5.74) is 6.99. The summed E-state index contributed by atoms with van der Waals surface area (Å²) in [7, 11) is 2.96. The standard InChI is InChI=1S/C35H52N4O8/c1-8-14-37-15-9-10-16-38-30-25-17-21(2)18-29(46-7)31(41)23(4)19-24(5)33(47-35(36)44)28(45-6)13-11-12-22(3)34(43)39-26(32(25)42)20-27(30)40/h11-13,19-21,23,28-29,31,33,37-38,40-42H,8,14-18H2,1-7H3,(H2,36,44)(H,39,43). The molecule has 2 amide bonds. The first kappa shape index (κ1) is 39.2. The molecule has 0 fully saturated rings. The highest BCUT2D eigenvalue weighted by Crippen LogP contribution is 2.42. The molecule has 1 aromatic rings. The van der Waals surface area contributed by atoms with E-state index in [4.69, 9.17) is 19.9 Å². The van der Waals surface area contributed by atoms with Gasteiger partial charge in [0, 0.05) is 37.3 Å². The van der Waals surface area contributed by atoms with Crippen LogP contribution in [0.3, 0.4) is 0 Å². The minimum atomic E-state index is -0.991. The molecule has 2 bridgehead atoms. The topological polar surface area (TPSA) is 185 Å². The number of phenolic OH excluding ortho intramolecular Hbond substituents is 2. The molecule has 1 aromatic carbocycles. The molecular formula is C35H52N4O8. The van der Waals surface area contributed by atoms with E-state index in [0.717, 1.165) is 13.0 Å². The Balaban J connectivity index is 2.59. The fourth-order valence-corrected chi connectivity index (χ4v) is 5.39. The lowest BCUT2D eigenvalue weighted by Crippen LogP contribution is -2.37. The highest BCUT2D eigenvalue weighted by Gasteiger charge is 2.30. The maximum atomic E-state index is 13.1. The lowest BCUT2D eigenvalue weighted by atomic mass is 9.87. The van der Waals surface area contributed by atoms with Gasteiger partial charge in [0.25, 0.3) is 5.91 Å². The molecule has 0 aromatic heterocycles. The summed E-state index contributed by atoms with van der Waals surface area (Å²) in [6.07, 6.45) is 3.96. The molecule has 0 aliphatic carbocycles. The van der Waals surface area contributed by atoms with Crippen molar-refractivity contribution in [2.45, 2.75) is 78.3 Å². The maximum absolute atomic E-state index is 13.1. The number of allylic oxidation sites excluding steroid dienone is 2. The van der Waals surface area contributed by atoms with Crippen LogP contribution >= 0.6 is 0 Å². The van der Waals surface area contributed by atoms with Gasteiger partial charge in [-0.25, -0.2) is 4.79 Å². The molecule has 47 heavy (non-hydrogen) atoms. The van der Waals surface area contributed by atoms with Gasteiger partial charge >= 0.3 is 6.09 Å². The third kappa shape index (κ3) is 11.9. The minimum absolute atomic E-state index is 0.0335. The molecule has 2 rings (SSSR count). The van der Waals surface area contributed by atoms with Crippen LogP contribution in [0.15, 0.2) is 41.5 Å². The van der Waals surface area contributed by atoms with Crippen molar-refractivity contribution in [3.05, 3.63) is 47.1 Å². The van der Waals surface area contributed by atoms with Crippen LogP contribution < -0.4 is 21.7 Å². The molecule has 12 nitrogen and oxygen atoms in total. The van der Waals surface area contributed by atoms with Crippen molar-refractivity contribution < 1.29 is 39.1 Å². The number of fused-ring (bicyclic) bond motifs is 2. The third-order valence-electron chi connectivity index (χ3n) is 7.95. The SMILES string of the molecule is CCCNCC#CCNc1c(O)cc2c(O)c1CC(C)CC(OC)C(O)C(C)C=C(C)C(OC(N)=O)C(OC)C=CC=C(C)C(=O)N2. The van der Waals surface area contributed by atoms with Gasteiger partial charge in [-0.05, 0) is 51.1 Å². The van der Waals surface area contributed by atoms with Crippen LogP contribution in [0.2, 0.25) is 0 Å². The quantitative estimate of drug-likeness (QED) is 0.0710. The molecule has 0 radical (unpaired) electrons. The van der Waals surface area contributed by atoms with Gasteiger partial charge in [-0.3, -0.25) is 4.79 Å². The first-order chi connectivity index (χ1) is 22.3. The monoisotopic (exact) mass is 656 g/mol. The predicted molar refractivity (Wildman–Crippen MR) is 183 cm³/mol. The number of nitrogens with two attached hydrogens (primary N) is 1. The lowest BCUT2D eigenvalue weighted by molar-refractivity contribution is -0.112. The van der Waals surface area contributed by atoms with Crippen LogP contribution in [0.4, 0.5) is 16.2 Å². The number of ether oxygens (including phenoxy) is 3. The second kappa shape index (κ2) is 19.6. The highest BCUT2D eigenvalue weighted by atomic mass is 16.6. The molecule has 1 aliphatic heterocycles. The Kier molecular flexibility index (Phi) is 16.3. The van der Waals surface area contributed by atoms with Crippen molar-refractivity contribution in [3.63, 3.8) is 0 Å². The number of amides is 2. The number of carbonyl (C=O) groups excluding carboxylic acids is 2. The molecule has 12 heteroatoms. The number of aromatic hydroxyl groups is 2. The van der Waals surface area contributed by atoms with E-state index in [-0.39, 0.29) is 41.6 Å². The van der Waals surface area contributed by atoms with E-state index in [1.807, 2.05) is 13.8 Å². The summed E-state index contributed by atoms with van der Waals surface area (Å²) in [6.45, 7) is 10.8. The Morgan fingerprint density at radius 1 is 1.15 bits per heavy atom. The Labute approximate surface area is 278 Å². The molecule has 0 saturated heterocycles. The van der Waals surface area contributed by atoms with Crippen molar-refractivity contribution in [1.29, 1.82) is 0 Å². The molecule has 8 N–H and O–H groups in total. The maximum Gasteiger partial charge on any atom is 0.405 e.